The summed E-state index contributed by atoms with van der Waals surface area (Å²) in [6.07, 6.45) is -4.30. The number of hydrogen-bond acceptors (Lipinski definition) is 6. The normalized spacial score (nSPS) is 25.5. The molecule has 1 aromatic carbocycles. The van der Waals surface area contributed by atoms with Crippen molar-refractivity contribution >= 4 is 22.6 Å². The number of carbonyl (C=O) groups excluding carboxylic acids is 1. The summed E-state index contributed by atoms with van der Waals surface area (Å²) in [5.74, 6) is -2.95. The van der Waals surface area contributed by atoms with E-state index in [1.807, 2.05) is 0 Å². The largest absolute Gasteiger partial charge is 0.493 e. The molecule has 1 aliphatic heterocycles. The number of benzene rings is 1. The molecule has 1 saturated heterocycles. The van der Waals surface area contributed by atoms with Crippen LogP contribution in [0.1, 0.15) is 18.9 Å². The Kier molecular flexibility index (Phi) is 3.86. The summed E-state index contributed by atoms with van der Waals surface area (Å²) in [5, 5.41) is -0.348. The van der Waals surface area contributed by atoms with Crippen molar-refractivity contribution in [2.24, 2.45) is 17.6 Å². The number of anilines is 1. The molecule has 3 atom stereocenters. The quantitative estimate of drug-likeness (QED) is 0.717. The van der Waals surface area contributed by atoms with Crippen LogP contribution in [0.4, 0.5) is 23.2 Å². The highest BCUT2D eigenvalue weighted by molar-refractivity contribution is 5.83. The van der Waals surface area contributed by atoms with Crippen molar-refractivity contribution in [2.75, 3.05) is 18.0 Å². The van der Waals surface area contributed by atoms with Gasteiger partial charge < -0.3 is 15.5 Å². The van der Waals surface area contributed by atoms with E-state index < -0.39 is 29.2 Å². The summed E-state index contributed by atoms with van der Waals surface area (Å²) in [6.45, 7) is 1.09. The van der Waals surface area contributed by atoms with E-state index in [1.54, 1.807) is 4.90 Å². The third-order valence-corrected chi connectivity index (χ3v) is 6.04. The molecule has 3 aliphatic rings. The fourth-order valence-corrected chi connectivity index (χ4v) is 4.23. The number of halogens is 4. The molecule has 2 N–H and O–H groups in total. The highest BCUT2D eigenvalue weighted by Gasteiger charge is 2.54. The average Bonchev–Trinajstić information content (AvgIpc) is 3.55. The summed E-state index contributed by atoms with van der Waals surface area (Å²) in [6, 6.07) is 1.94. The first-order chi connectivity index (χ1) is 14.1. The second-order valence-electron chi connectivity index (χ2n) is 7.99. The van der Waals surface area contributed by atoms with Crippen LogP contribution in [0.15, 0.2) is 21.7 Å². The Balaban J connectivity index is 1.65. The van der Waals surface area contributed by atoms with Gasteiger partial charge in [-0.1, -0.05) is 4.73 Å². The van der Waals surface area contributed by atoms with Crippen molar-refractivity contribution in [2.45, 2.75) is 31.1 Å². The van der Waals surface area contributed by atoms with Crippen molar-refractivity contribution in [3.05, 3.63) is 38.8 Å². The van der Waals surface area contributed by atoms with Gasteiger partial charge in [-0.05, 0) is 36.8 Å². The zero-order chi connectivity index (χ0) is 21.5. The van der Waals surface area contributed by atoms with Crippen LogP contribution >= 0.6 is 0 Å². The lowest BCUT2D eigenvalue weighted by molar-refractivity contribution is -0.200. The van der Waals surface area contributed by atoms with Crippen molar-refractivity contribution in [1.82, 2.24) is 9.30 Å². The van der Waals surface area contributed by atoms with Gasteiger partial charge in [0, 0.05) is 25.2 Å². The van der Waals surface area contributed by atoms with Gasteiger partial charge in [-0.3, -0.25) is 9.36 Å². The lowest BCUT2D eigenvalue weighted by Gasteiger charge is -2.23. The van der Waals surface area contributed by atoms with E-state index in [4.69, 9.17) is 5.73 Å². The third kappa shape index (κ3) is 2.81. The number of piperidine rings is 1. The van der Waals surface area contributed by atoms with E-state index >= 15 is 0 Å². The second-order valence-corrected chi connectivity index (χ2v) is 7.99. The van der Waals surface area contributed by atoms with Gasteiger partial charge in [0.25, 0.3) is 5.56 Å². The number of fused-ring (bicyclic) bond motifs is 2. The summed E-state index contributed by atoms with van der Waals surface area (Å²) < 4.78 is 53.4. The van der Waals surface area contributed by atoms with Gasteiger partial charge in [-0.15, -0.1) is 0 Å². The zero-order valence-electron chi connectivity index (χ0n) is 15.4. The Hall–Kier alpha value is -2.89. The van der Waals surface area contributed by atoms with Crippen molar-refractivity contribution in [3.8, 4) is 0 Å². The Morgan fingerprint density at radius 1 is 1.13 bits per heavy atom. The van der Waals surface area contributed by atoms with Crippen LogP contribution < -0.4 is 26.7 Å². The third-order valence-electron chi connectivity index (χ3n) is 6.04. The topological polar surface area (TPSA) is 99.6 Å². The van der Waals surface area contributed by atoms with Gasteiger partial charge >= 0.3 is 17.8 Å². The van der Waals surface area contributed by atoms with Crippen LogP contribution in [0.2, 0.25) is 0 Å². The van der Waals surface area contributed by atoms with Gasteiger partial charge in [0.1, 0.15) is 5.82 Å². The predicted molar refractivity (Wildman–Crippen MR) is 95.5 cm³/mol. The molecule has 5 rings (SSSR count). The van der Waals surface area contributed by atoms with Gasteiger partial charge in [0.15, 0.2) is 0 Å². The fraction of sp³-hybridized carbons (Fsp3) is 0.500. The van der Waals surface area contributed by atoms with E-state index in [-0.39, 0.29) is 45.2 Å². The highest BCUT2D eigenvalue weighted by Crippen LogP contribution is 2.46. The molecule has 3 fully saturated rings. The SMILES string of the molecule is NC1C2CN(c3cc4c(cc3F)c(=O)n(OC(=O)C(F)(F)F)c(=O)n4C3CC3)C[C@@H]12. The highest BCUT2D eigenvalue weighted by atomic mass is 19.4. The Morgan fingerprint density at radius 3 is 2.33 bits per heavy atom. The molecule has 2 heterocycles. The molecule has 8 nitrogen and oxygen atoms in total. The van der Waals surface area contributed by atoms with Crippen LogP contribution in [-0.2, 0) is 4.79 Å². The molecule has 2 unspecified atom stereocenters. The van der Waals surface area contributed by atoms with E-state index in [1.165, 1.54) is 6.07 Å². The van der Waals surface area contributed by atoms with Crippen molar-refractivity contribution < 1.29 is 27.2 Å². The van der Waals surface area contributed by atoms with Crippen LogP contribution in [0.5, 0.6) is 0 Å². The molecular weight excluding hydrogens is 412 g/mol. The van der Waals surface area contributed by atoms with Crippen molar-refractivity contribution in [1.29, 1.82) is 0 Å². The van der Waals surface area contributed by atoms with E-state index in [2.05, 4.69) is 4.84 Å². The number of hydrogen-bond donors (Lipinski definition) is 1. The number of carbonyl (C=O) groups is 1. The van der Waals surface area contributed by atoms with Crippen LogP contribution in [0.25, 0.3) is 10.9 Å². The molecule has 1 aromatic heterocycles. The molecule has 2 aromatic rings. The second kappa shape index (κ2) is 6.06. The van der Waals surface area contributed by atoms with E-state index in [9.17, 15) is 31.9 Å². The maximum Gasteiger partial charge on any atom is 0.493 e. The smallest absolute Gasteiger partial charge is 0.368 e. The average molecular weight is 428 g/mol. The minimum absolute atomic E-state index is 0.0879. The lowest BCUT2D eigenvalue weighted by atomic mass is 10.2. The maximum absolute atomic E-state index is 14.8. The number of aromatic nitrogens is 2. The summed E-state index contributed by atoms with van der Waals surface area (Å²) in [4.78, 5) is 42.3. The Labute approximate surface area is 165 Å². The molecule has 2 aliphatic carbocycles. The standard InChI is InChI=1S/C18H16F4N4O4/c19-11-3-8-12(4-13(11)24-5-9-10(6-24)14(9)23)25(7-1-2-7)17(29)26(15(8)27)30-16(28)18(20,21)22/h3-4,7,9-10,14H,1-2,5-6,23H2/t9-,10?,14?/m1/s1. The summed E-state index contributed by atoms with van der Waals surface area (Å²) in [7, 11) is 0. The number of nitrogens with two attached hydrogens (primary N) is 1. The Morgan fingerprint density at radius 2 is 1.77 bits per heavy atom. The molecular formula is C18H16F4N4O4. The van der Waals surface area contributed by atoms with Gasteiger partial charge in [0.2, 0.25) is 0 Å². The first kappa shape index (κ1) is 19.1. The lowest BCUT2D eigenvalue weighted by Crippen LogP contribution is -2.48. The van der Waals surface area contributed by atoms with Crippen LogP contribution in [0, 0.1) is 17.7 Å². The summed E-state index contributed by atoms with van der Waals surface area (Å²) >= 11 is 0. The van der Waals surface area contributed by atoms with E-state index in [0.29, 0.717) is 25.9 Å². The first-order valence-corrected chi connectivity index (χ1v) is 9.38. The number of rotatable bonds is 3. The molecule has 12 heteroatoms. The fourth-order valence-electron chi connectivity index (χ4n) is 4.23. The molecule has 2 saturated carbocycles. The molecule has 30 heavy (non-hydrogen) atoms. The predicted octanol–water partition coefficient (Wildman–Crippen LogP) is 0.548. The summed E-state index contributed by atoms with van der Waals surface area (Å²) in [5.41, 5.74) is 3.65. The molecule has 0 radical (unpaired) electrons. The minimum Gasteiger partial charge on any atom is -0.368 e. The molecule has 0 bridgehead atoms. The first-order valence-electron chi connectivity index (χ1n) is 9.38. The van der Waals surface area contributed by atoms with Crippen LogP contribution in [0.3, 0.4) is 0 Å². The van der Waals surface area contributed by atoms with Crippen molar-refractivity contribution in [3.63, 3.8) is 0 Å². The minimum atomic E-state index is -5.40. The van der Waals surface area contributed by atoms with Gasteiger partial charge in [0.05, 0.1) is 16.6 Å². The Bertz CT molecular complexity index is 1190. The van der Waals surface area contributed by atoms with Crippen LogP contribution in [-0.4, -0.2) is 40.6 Å². The molecule has 0 spiro atoms. The van der Waals surface area contributed by atoms with E-state index in [0.717, 1.165) is 10.6 Å². The maximum atomic E-state index is 14.8. The number of nitrogens with zero attached hydrogens (tertiary/aromatic N) is 3. The monoisotopic (exact) mass is 428 g/mol. The molecule has 160 valence electrons. The van der Waals surface area contributed by atoms with Gasteiger partial charge in [-0.25, -0.2) is 14.0 Å². The van der Waals surface area contributed by atoms with Gasteiger partial charge in [-0.2, -0.15) is 13.2 Å². The zero-order valence-corrected chi connectivity index (χ0v) is 15.4. The number of alkyl halides is 3. The molecule has 0 amide bonds.